The van der Waals surface area contributed by atoms with E-state index in [0.717, 1.165) is 150 Å². The Morgan fingerprint density at radius 3 is 1.09 bits per heavy atom. The number of thiophene rings is 1. The Hall–Kier alpha value is -16.7. The van der Waals surface area contributed by atoms with Crippen LogP contribution in [-0.4, -0.2) is 38.2 Å². The fraction of sp³-hybridized carbons (Fsp3) is 0. The first-order chi connectivity index (χ1) is 62.4. The zero-order chi connectivity index (χ0) is 82.3. The van der Waals surface area contributed by atoms with E-state index in [-0.39, 0.29) is 0 Å². The van der Waals surface area contributed by atoms with Gasteiger partial charge in [0.15, 0.2) is 0 Å². The molecule has 584 valence electrons. The van der Waals surface area contributed by atoms with Gasteiger partial charge in [0, 0.05) is 118 Å². The van der Waals surface area contributed by atoms with Crippen molar-refractivity contribution in [3.8, 4) is 67.8 Å². The summed E-state index contributed by atoms with van der Waals surface area (Å²) in [5.74, 6) is 0. The molecule has 0 aliphatic heterocycles. The van der Waals surface area contributed by atoms with Crippen LogP contribution in [0.1, 0.15) is 0 Å². The van der Waals surface area contributed by atoms with Crippen molar-refractivity contribution < 1.29 is 4.42 Å². The molecule has 8 heterocycles. The SMILES string of the molecule is c1ccc2cc3c(cc2c1)c1ccc(-n2c4ccccc4c4ccccc42)cc1n3-c1cc(-c2nc3ccccc3nc2-c2ccc3oc4ccccc4c3c2)cc2ccccc12.c1ccc2cc3c(cc2c1)c1ccc(-n2c4ccccc4c4ccccc42)cc1n3-c1cccc2cc(-c3nc4ccccc4nc3-c3ccc4sc5ccccc5c4c3)ccc12. The van der Waals surface area contributed by atoms with Crippen molar-refractivity contribution in [3.05, 3.63) is 413 Å². The van der Waals surface area contributed by atoms with E-state index in [2.05, 4.69) is 388 Å². The summed E-state index contributed by atoms with van der Waals surface area (Å²) in [5.41, 5.74) is 26.5. The number of para-hydroxylation sites is 9. The molecule has 0 spiro atoms. The fourth-order valence-electron chi connectivity index (χ4n) is 20.4. The number of aromatic nitrogens is 8. The monoisotopic (exact) mass is 1620 g/mol. The van der Waals surface area contributed by atoms with Crippen LogP contribution >= 0.6 is 11.3 Å². The molecule has 0 saturated heterocycles. The highest BCUT2D eigenvalue weighted by molar-refractivity contribution is 7.25. The molecule has 0 saturated carbocycles. The van der Waals surface area contributed by atoms with Gasteiger partial charge in [0.1, 0.15) is 11.2 Å². The van der Waals surface area contributed by atoms with E-state index in [1.54, 1.807) is 0 Å². The third-order valence-electron chi connectivity index (χ3n) is 26.1. The van der Waals surface area contributed by atoms with Crippen LogP contribution in [0.25, 0.3) is 262 Å². The van der Waals surface area contributed by atoms with Gasteiger partial charge in [-0.25, -0.2) is 19.9 Å². The quantitative estimate of drug-likeness (QED) is 0.151. The molecule has 0 aliphatic carbocycles. The molecule has 28 rings (SSSR count). The lowest BCUT2D eigenvalue weighted by atomic mass is 9.98. The van der Waals surface area contributed by atoms with Crippen LogP contribution < -0.4 is 0 Å². The summed E-state index contributed by atoms with van der Waals surface area (Å²) in [6, 6.07) is 149. The van der Waals surface area contributed by atoms with Crippen LogP contribution in [0.4, 0.5) is 0 Å². The van der Waals surface area contributed by atoms with Crippen LogP contribution in [0.3, 0.4) is 0 Å². The Morgan fingerprint density at radius 2 is 0.540 bits per heavy atom. The maximum atomic E-state index is 6.26. The molecule has 0 aliphatic rings. The molecule has 8 aromatic heterocycles. The molecular weight excluding hydrogens is 1550 g/mol. The van der Waals surface area contributed by atoms with E-state index in [9.17, 15) is 0 Å². The second kappa shape index (κ2) is 27.4. The molecule has 0 N–H and O–H groups in total. The number of fused-ring (bicyclic) bond motifs is 24. The van der Waals surface area contributed by atoms with E-state index in [1.807, 2.05) is 53.8 Å². The first-order valence-electron chi connectivity index (χ1n) is 42.8. The first-order valence-corrected chi connectivity index (χ1v) is 43.6. The van der Waals surface area contributed by atoms with Gasteiger partial charge in [0.25, 0.3) is 0 Å². The van der Waals surface area contributed by atoms with E-state index >= 15 is 0 Å². The zero-order valence-corrected chi connectivity index (χ0v) is 68.5. The van der Waals surface area contributed by atoms with Crippen LogP contribution in [0.2, 0.25) is 0 Å². The molecule has 0 amide bonds. The zero-order valence-electron chi connectivity index (χ0n) is 67.7. The van der Waals surface area contributed by atoms with E-state index in [0.29, 0.717) is 0 Å². The van der Waals surface area contributed by atoms with Crippen molar-refractivity contribution in [2.75, 3.05) is 0 Å². The number of hydrogen-bond donors (Lipinski definition) is 0. The topological polar surface area (TPSA) is 84.4 Å². The summed E-state index contributed by atoms with van der Waals surface area (Å²) >= 11 is 1.83. The average Bonchev–Trinajstić information content (AvgIpc) is 1.62. The minimum Gasteiger partial charge on any atom is -0.456 e. The molecule has 9 nitrogen and oxygen atoms in total. The van der Waals surface area contributed by atoms with Crippen molar-refractivity contribution >= 4 is 206 Å². The smallest absolute Gasteiger partial charge is 0.135 e. The number of hydrogen-bond acceptors (Lipinski definition) is 6. The molecule has 126 heavy (non-hydrogen) atoms. The van der Waals surface area contributed by atoms with Crippen molar-refractivity contribution in [2.45, 2.75) is 0 Å². The summed E-state index contributed by atoms with van der Waals surface area (Å²) in [5, 5.41) is 23.9. The summed E-state index contributed by atoms with van der Waals surface area (Å²) in [6.45, 7) is 0. The van der Waals surface area contributed by atoms with Crippen molar-refractivity contribution in [2.24, 2.45) is 0 Å². The molecule has 0 bridgehead atoms. The summed E-state index contributed by atoms with van der Waals surface area (Å²) in [6.07, 6.45) is 0. The highest BCUT2D eigenvalue weighted by Gasteiger charge is 2.26. The predicted octanol–water partition coefficient (Wildman–Crippen LogP) is 31.2. The Labute approximate surface area is 723 Å². The first kappa shape index (κ1) is 70.1. The minimum absolute atomic E-state index is 0.823. The van der Waals surface area contributed by atoms with Gasteiger partial charge in [-0.15, -0.1) is 11.3 Å². The summed E-state index contributed by atoms with van der Waals surface area (Å²) in [7, 11) is 0. The molecule has 0 unspecified atom stereocenters. The van der Waals surface area contributed by atoms with Gasteiger partial charge in [-0.05, 0) is 196 Å². The number of rotatable bonds is 8. The van der Waals surface area contributed by atoms with E-state index in [1.165, 1.54) is 112 Å². The lowest BCUT2D eigenvalue weighted by molar-refractivity contribution is 0.669. The third-order valence-corrected chi connectivity index (χ3v) is 27.2. The van der Waals surface area contributed by atoms with Gasteiger partial charge in [-0.2, -0.15) is 0 Å². The average molecular weight is 1620 g/mol. The number of furan rings is 1. The molecular formula is C116H68N8OS. The van der Waals surface area contributed by atoms with Gasteiger partial charge in [-0.3, -0.25) is 0 Å². The van der Waals surface area contributed by atoms with Crippen LogP contribution in [-0.2, 0) is 0 Å². The van der Waals surface area contributed by atoms with Crippen molar-refractivity contribution in [1.29, 1.82) is 0 Å². The highest BCUT2D eigenvalue weighted by Crippen LogP contribution is 2.47. The largest absolute Gasteiger partial charge is 0.456 e. The fourth-order valence-corrected chi connectivity index (χ4v) is 21.4. The molecule has 20 aromatic carbocycles. The van der Waals surface area contributed by atoms with Gasteiger partial charge in [0.2, 0.25) is 0 Å². The Kier molecular flexibility index (Phi) is 15.3. The Morgan fingerprint density at radius 1 is 0.183 bits per heavy atom. The van der Waals surface area contributed by atoms with Gasteiger partial charge in [-0.1, -0.05) is 249 Å². The van der Waals surface area contributed by atoms with Crippen molar-refractivity contribution in [3.63, 3.8) is 0 Å². The lowest BCUT2D eigenvalue weighted by Gasteiger charge is -2.17. The predicted molar refractivity (Wildman–Crippen MR) is 528 cm³/mol. The second-order valence-corrected chi connectivity index (χ2v) is 34.2. The molecule has 0 atom stereocenters. The molecule has 10 heteroatoms. The normalized spacial score (nSPS) is 12.1. The Bertz CT molecular complexity index is 9430. The summed E-state index contributed by atoms with van der Waals surface area (Å²) < 4.78 is 18.6. The van der Waals surface area contributed by atoms with Crippen LogP contribution in [0.15, 0.2) is 417 Å². The minimum atomic E-state index is 0.823. The third kappa shape index (κ3) is 10.8. The Balaban J connectivity index is 0.000000131. The van der Waals surface area contributed by atoms with Crippen LogP contribution in [0.5, 0.6) is 0 Å². The standard InChI is InChI=1S/C58H34N4O.C58H34N4S/c1-2-14-36-32-53-46(30-35(36)13-1)44-27-26-40(61-50-22-10-5-17-42(50)43-18-6-11-23-51(43)61)34-54(44)62(53)52-33-39(29-37-15-3-4-16-41(37)52)58-57(59-48-20-8-9-21-49(48)60-58)38-25-28-56-47(31-38)45-19-7-12-24-55(45)63-56;1-2-13-36-33-53-46(31-35(36)12-1)44-28-26-40(61-51-20-8-3-15-42(51)43-16-4-9-21-52(43)61)34-54(44)62(53)50-22-11-14-37-30-38(24-27-41(37)50)57-58(60-49-19-7-6-18-48(49)59-57)39-25-29-56-47(32-39)45-17-5-10-23-55(45)63-56/h2*1-34H. The summed E-state index contributed by atoms with van der Waals surface area (Å²) in [4.78, 5) is 21.5. The number of benzene rings is 20. The second-order valence-electron chi connectivity index (χ2n) is 33.1. The van der Waals surface area contributed by atoms with E-state index in [4.69, 9.17) is 24.4 Å². The highest BCUT2D eigenvalue weighted by atomic mass is 32.1. The number of nitrogens with zero attached hydrogens (tertiary/aromatic N) is 8. The van der Waals surface area contributed by atoms with Gasteiger partial charge in [0.05, 0.1) is 100 Å². The van der Waals surface area contributed by atoms with E-state index < -0.39 is 0 Å². The maximum Gasteiger partial charge on any atom is 0.135 e. The lowest BCUT2D eigenvalue weighted by Crippen LogP contribution is -2.00. The molecule has 0 radical (unpaired) electrons. The molecule has 28 aromatic rings. The maximum absolute atomic E-state index is 6.26. The van der Waals surface area contributed by atoms with Crippen molar-refractivity contribution in [1.82, 2.24) is 38.2 Å². The van der Waals surface area contributed by atoms with Gasteiger partial charge < -0.3 is 22.7 Å². The van der Waals surface area contributed by atoms with Gasteiger partial charge >= 0.3 is 0 Å². The van der Waals surface area contributed by atoms with Crippen LogP contribution in [0, 0.1) is 0 Å². The molecule has 0 fully saturated rings.